The molecule has 0 saturated carbocycles. The van der Waals surface area contributed by atoms with Crippen LogP contribution in [0.5, 0.6) is 5.75 Å². The van der Waals surface area contributed by atoms with Crippen LogP contribution in [0.1, 0.15) is 27.0 Å². The van der Waals surface area contributed by atoms with Crippen LogP contribution < -0.4 is 15.0 Å². The number of ether oxygens (including phenoxy) is 1. The Bertz CT molecular complexity index is 908. The normalized spacial score (nSPS) is 12.0. The number of aryl methyl sites for hydroxylation is 2. The van der Waals surface area contributed by atoms with E-state index in [0.717, 1.165) is 29.0 Å². The Morgan fingerprint density at radius 3 is 2.50 bits per heavy atom. The highest BCUT2D eigenvalue weighted by molar-refractivity contribution is 7.89. The van der Waals surface area contributed by atoms with E-state index in [-0.39, 0.29) is 4.88 Å². The van der Waals surface area contributed by atoms with Crippen molar-refractivity contribution in [2.75, 3.05) is 0 Å². The molecule has 26 heavy (non-hydrogen) atoms. The van der Waals surface area contributed by atoms with Crippen LogP contribution in [0, 0.1) is 6.92 Å². The third kappa shape index (κ3) is 4.96. The van der Waals surface area contributed by atoms with Gasteiger partial charge in [0.1, 0.15) is 10.6 Å². The number of carbonyl (C=O) groups excluding carboxylic acids is 1. The maximum atomic E-state index is 12.4. The molecule has 11 heteroatoms. The number of para-hydroxylation sites is 1. The number of halogens is 3. The number of sulfonamides is 1. The van der Waals surface area contributed by atoms with E-state index in [1.54, 1.807) is 10.9 Å². The second kappa shape index (κ2) is 7.64. The van der Waals surface area contributed by atoms with Crippen molar-refractivity contribution in [2.45, 2.75) is 31.5 Å². The first-order valence-corrected chi connectivity index (χ1v) is 9.59. The van der Waals surface area contributed by atoms with Gasteiger partial charge in [0.05, 0.1) is 4.88 Å². The molecule has 0 atom stereocenters. The fourth-order valence-corrected chi connectivity index (χ4v) is 4.07. The van der Waals surface area contributed by atoms with Crippen LogP contribution in [0.3, 0.4) is 0 Å². The summed E-state index contributed by atoms with van der Waals surface area (Å²) in [4.78, 5) is 14.4. The summed E-state index contributed by atoms with van der Waals surface area (Å²) in [5.41, 5.74) is 2.89. The van der Waals surface area contributed by atoms with Gasteiger partial charge in [-0.25, -0.2) is 8.42 Å². The van der Waals surface area contributed by atoms with Crippen molar-refractivity contribution >= 4 is 27.3 Å². The number of hydrazine groups is 1. The van der Waals surface area contributed by atoms with Crippen LogP contribution in [0.2, 0.25) is 0 Å². The first kappa shape index (κ1) is 20.2. The fraction of sp³-hybridized carbons (Fsp3) is 0.267. The molecule has 0 radical (unpaired) electrons. The van der Waals surface area contributed by atoms with E-state index >= 15 is 0 Å². The zero-order valence-corrected chi connectivity index (χ0v) is 15.3. The third-order valence-electron chi connectivity index (χ3n) is 3.23. The predicted octanol–water partition coefficient (Wildman–Crippen LogP) is 3.14. The molecule has 2 rings (SSSR count). The zero-order valence-electron chi connectivity index (χ0n) is 13.7. The maximum absolute atomic E-state index is 12.4. The number of thiophene rings is 1. The van der Waals surface area contributed by atoms with Crippen LogP contribution in [-0.4, -0.2) is 20.7 Å². The second-order valence-electron chi connectivity index (χ2n) is 5.12. The van der Waals surface area contributed by atoms with Crippen molar-refractivity contribution in [3.8, 4) is 5.75 Å². The smallest absolute Gasteiger partial charge is 0.404 e. The van der Waals surface area contributed by atoms with Gasteiger partial charge in [0.15, 0.2) is 0 Å². The molecular weight excluding hydrogens is 393 g/mol. The van der Waals surface area contributed by atoms with Gasteiger partial charge in [-0.2, -0.15) is 0 Å². The van der Waals surface area contributed by atoms with Crippen molar-refractivity contribution in [1.82, 2.24) is 10.3 Å². The number of amides is 1. The first-order chi connectivity index (χ1) is 12.0. The number of alkyl halides is 3. The Balaban J connectivity index is 2.17. The molecule has 1 amide bonds. The lowest BCUT2D eigenvalue weighted by Crippen LogP contribution is -2.41. The first-order valence-electron chi connectivity index (χ1n) is 7.29. The SMILES string of the molecule is CCc1sc(C(=O)NNS(=O)(=O)c2ccccc2OC(F)(F)F)cc1C. The second-order valence-corrected chi connectivity index (χ2v) is 7.91. The van der Waals surface area contributed by atoms with Crippen LogP contribution in [0.25, 0.3) is 0 Å². The van der Waals surface area contributed by atoms with Gasteiger partial charge in [0, 0.05) is 4.88 Å². The summed E-state index contributed by atoms with van der Waals surface area (Å²) >= 11 is 1.20. The number of hydrogen-bond acceptors (Lipinski definition) is 5. The Kier molecular flexibility index (Phi) is 5.94. The number of benzene rings is 1. The number of rotatable bonds is 6. The standard InChI is InChI=1S/C15H15F3N2O4S2/c1-3-11-9(2)8-12(25-11)14(21)19-20-26(22,23)13-7-5-4-6-10(13)24-15(16,17)18/h4-8,20H,3H2,1-2H3,(H,19,21). The summed E-state index contributed by atoms with van der Waals surface area (Å²) in [5, 5.41) is 0. The summed E-state index contributed by atoms with van der Waals surface area (Å²) in [5.74, 6) is -1.61. The molecule has 0 saturated heterocycles. The average molecular weight is 408 g/mol. The van der Waals surface area contributed by atoms with Crippen LogP contribution in [-0.2, 0) is 16.4 Å². The molecule has 0 fully saturated rings. The van der Waals surface area contributed by atoms with E-state index in [1.807, 2.05) is 19.3 Å². The van der Waals surface area contributed by atoms with Gasteiger partial charge in [-0.1, -0.05) is 19.1 Å². The van der Waals surface area contributed by atoms with Crippen LogP contribution in [0.4, 0.5) is 13.2 Å². The Morgan fingerprint density at radius 2 is 1.92 bits per heavy atom. The number of hydrogen-bond donors (Lipinski definition) is 2. The molecule has 0 aliphatic heterocycles. The molecule has 0 bridgehead atoms. The molecule has 0 aliphatic rings. The Hall–Kier alpha value is -2.11. The van der Waals surface area contributed by atoms with Gasteiger partial charge in [-0.05, 0) is 37.1 Å². The lowest BCUT2D eigenvalue weighted by atomic mass is 10.2. The van der Waals surface area contributed by atoms with Crippen molar-refractivity contribution in [2.24, 2.45) is 0 Å². The maximum Gasteiger partial charge on any atom is 0.573 e. The molecule has 1 aromatic carbocycles. The van der Waals surface area contributed by atoms with E-state index in [0.29, 0.717) is 0 Å². The van der Waals surface area contributed by atoms with Gasteiger partial charge < -0.3 is 4.74 Å². The summed E-state index contributed by atoms with van der Waals surface area (Å²) in [6.45, 7) is 3.74. The summed E-state index contributed by atoms with van der Waals surface area (Å²) in [6, 6.07) is 5.82. The van der Waals surface area contributed by atoms with Crippen molar-refractivity contribution in [1.29, 1.82) is 0 Å². The van der Waals surface area contributed by atoms with E-state index in [9.17, 15) is 26.4 Å². The van der Waals surface area contributed by atoms with E-state index < -0.39 is 32.9 Å². The minimum atomic E-state index is -5.06. The Labute approximate surface area is 152 Å². The minimum Gasteiger partial charge on any atom is -0.404 e. The molecule has 1 aromatic heterocycles. The number of nitrogens with one attached hydrogen (secondary N) is 2. The van der Waals surface area contributed by atoms with Gasteiger partial charge in [0.2, 0.25) is 0 Å². The van der Waals surface area contributed by atoms with Gasteiger partial charge >= 0.3 is 6.36 Å². The van der Waals surface area contributed by atoms with Crippen molar-refractivity contribution < 1.29 is 31.1 Å². The quantitative estimate of drug-likeness (QED) is 0.720. The highest BCUT2D eigenvalue weighted by Gasteiger charge is 2.34. The van der Waals surface area contributed by atoms with Gasteiger partial charge in [0.25, 0.3) is 15.9 Å². The monoisotopic (exact) mass is 408 g/mol. The molecule has 0 spiro atoms. The molecule has 0 aliphatic carbocycles. The third-order valence-corrected chi connectivity index (χ3v) is 5.90. The molecular formula is C15H15F3N2O4S2. The highest BCUT2D eigenvalue weighted by Crippen LogP contribution is 2.29. The molecule has 2 N–H and O–H groups in total. The fourth-order valence-electron chi connectivity index (χ4n) is 2.09. The van der Waals surface area contributed by atoms with E-state index in [1.165, 1.54) is 23.5 Å². The highest BCUT2D eigenvalue weighted by atomic mass is 32.2. The topological polar surface area (TPSA) is 84.5 Å². The molecule has 2 aromatic rings. The summed E-state index contributed by atoms with van der Waals surface area (Å²) in [7, 11) is -4.48. The molecule has 142 valence electrons. The van der Waals surface area contributed by atoms with Crippen LogP contribution in [0.15, 0.2) is 35.2 Å². The van der Waals surface area contributed by atoms with E-state index in [4.69, 9.17) is 0 Å². The predicted molar refractivity (Wildman–Crippen MR) is 89.3 cm³/mol. The molecule has 1 heterocycles. The van der Waals surface area contributed by atoms with E-state index in [2.05, 4.69) is 4.74 Å². The Morgan fingerprint density at radius 1 is 1.27 bits per heavy atom. The summed E-state index contributed by atoms with van der Waals surface area (Å²) < 4.78 is 65.4. The average Bonchev–Trinajstić information content (AvgIpc) is 2.92. The lowest BCUT2D eigenvalue weighted by molar-refractivity contribution is -0.275. The van der Waals surface area contributed by atoms with Crippen molar-refractivity contribution in [3.05, 3.63) is 45.6 Å². The molecule has 0 unspecified atom stereocenters. The van der Waals surface area contributed by atoms with Gasteiger partial charge in [-0.3, -0.25) is 10.2 Å². The number of carbonyl (C=O) groups is 1. The lowest BCUT2D eigenvalue weighted by Gasteiger charge is -2.14. The van der Waals surface area contributed by atoms with Crippen LogP contribution >= 0.6 is 11.3 Å². The zero-order chi connectivity index (χ0) is 19.5. The van der Waals surface area contributed by atoms with Crippen molar-refractivity contribution in [3.63, 3.8) is 0 Å². The minimum absolute atomic E-state index is 0.280. The van der Waals surface area contributed by atoms with Gasteiger partial charge in [-0.15, -0.1) is 29.3 Å². The largest absolute Gasteiger partial charge is 0.573 e. The summed E-state index contributed by atoms with van der Waals surface area (Å²) in [6.07, 6.45) is -4.34. The molecule has 6 nitrogen and oxygen atoms in total.